The molecule has 0 saturated carbocycles. The van der Waals surface area contributed by atoms with E-state index in [1.165, 1.54) is 27.7 Å². The van der Waals surface area contributed by atoms with Crippen LogP contribution in [0.25, 0.3) is 0 Å². The van der Waals surface area contributed by atoms with Gasteiger partial charge in [-0.15, -0.1) is 0 Å². The molecule has 7 nitrogen and oxygen atoms in total. The number of aliphatic carboxylic acids is 2. The van der Waals surface area contributed by atoms with Crippen molar-refractivity contribution in [2.24, 2.45) is 23.7 Å². The number of ether oxygens (including phenoxy) is 1. The average molecular weight is 274 g/mol. The molecular weight excluding hydrogens is 256 g/mol. The summed E-state index contributed by atoms with van der Waals surface area (Å²) in [6.07, 6.45) is 0. The fourth-order valence-electron chi connectivity index (χ4n) is 1.12. The minimum atomic E-state index is -1.18. The maximum absolute atomic E-state index is 11.5. The van der Waals surface area contributed by atoms with Gasteiger partial charge in [0.15, 0.2) is 0 Å². The van der Waals surface area contributed by atoms with Crippen LogP contribution < -0.4 is 0 Å². The second-order valence-corrected chi connectivity index (χ2v) is 4.57. The number of carbonyl (C=O) groups is 4. The third-order valence-electron chi connectivity index (χ3n) is 3.22. The quantitative estimate of drug-likeness (QED) is 0.542. The Morgan fingerprint density at radius 3 is 1.16 bits per heavy atom. The van der Waals surface area contributed by atoms with Crippen LogP contribution in [-0.4, -0.2) is 34.1 Å². The van der Waals surface area contributed by atoms with Crippen LogP contribution in [0.1, 0.15) is 27.7 Å². The minimum Gasteiger partial charge on any atom is -0.481 e. The van der Waals surface area contributed by atoms with E-state index in [4.69, 9.17) is 10.2 Å². The van der Waals surface area contributed by atoms with Gasteiger partial charge in [0.25, 0.3) is 0 Å². The minimum absolute atomic E-state index is 0.968. The number of hydrogen-bond acceptors (Lipinski definition) is 5. The van der Waals surface area contributed by atoms with E-state index in [0.717, 1.165) is 0 Å². The molecule has 4 unspecified atom stereocenters. The van der Waals surface area contributed by atoms with Gasteiger partial charge >= 0.3 is 23.9 Å². The molecule has 0 rings (SSSR count). The molecule has 0 fully saturated rings. The van der Waals surface area contributed by atoms with Gasteiger partial charge < -0.3 is 14.9 Å². The third kappa shape index (κ3) is 4.69. The first kappa shape index (κ1) is 17.1. The van der Waals surface area contributed by atoms with E-state index in [9.17, 15) is 19.2 Å². The smallest absolute Gasteiger partial charge is 0.317 e. The molecule has 0 aromatic carbocycles. The predicted octanol–water partition coefficient (Wildman–Crippen LogP) is 0.770. The summed E-state index contributed by atoms with van der Waals surface area (Å²) in [6, 6.07) is 0. The molecule has 0 aliphatic heterocycles. The molecule has 4 atom stereocenters. The van der Waals surface area contributed by atoms with Crippen LogP contribution in [0.3, 0.4) is 0 Å². The van der Waals surface area contributed by atoms with Gasteiger partial charge in [0, 0.05) is 0 Å². The Hall–Kier alpha value is -1.92. The summed E-state index contributed by atoms with van der Waals surface area (Å²) >= 11 is 0. The summed E-state index contributed by atoms with van der Waals surface area (Å²) in [7, 11) is 0. The van der Waals surface area contributed by atoms with Crippen molar-refractivity contribution < 1.29 is 34.1 Å². The molecular formula is C12H18O7. The van der Waals surface area contributed by atoms with Crippen LogP contribution in [-0.2, 0) is 23.9 Å². The molecule has 19 heavy (non-hydrogen) atoms. The van der Waals surface area contributed by atoms with Crippen LogP contribution in [0.5, 0.6) is 0 Å². The lowest BCUT2D eigenvalue weighted by Gasteiger charge is -2.17. The van der Waals surface area contributed by atoms with Gasteiger partial charge in [-0.05, 0) is 0 Å². The molecule has 0 aliphatic carbocycles. The monoisotopic (exact) mass is 274 g/mol. The number of esters is 2. The molecule has 0 aromatic rings. The molecule has 0 aromatic heterocycles. The third-order valence-corrected chi connectivity index (χ3v) is 3.22. The van der Waals surface area contributed by atoms with Gasteiger partial charge in [-0.2, -0.15) is 0 Å². The summed E-state index contributed by atoms with van der Waals surface area (Å²) < 4.78 is 4.51. The van der Waals surface area contributed by atoms with Gasteiger partial charge in [-0.3, -0.25) is 19.2 Å². The van der Waals surface area contributed by atoms with Crippen molar-refractivity contribution in [1.29, 1.82) is 0 Å². The molecule has 0 bridgehead atoms. The van der Waals surface area contributed by atoms with E-state index in [0.29, 0.717) is 0 Å². The van der Waals surface area contributed by atoms with Gasteiger partial charge in [-0.25, -0.2) is 0 Å². The Kier molecular flexibility index (Phi) is 6.17. The first-order valence-electron chi connectivity index (χ1n) is 5.80. The van der Waals surface area contributed by atoms with E-state index in [-0.39, 0.29) is 0 Å². The highest BCUT2D eigenvalue weighted by Gasteiger charge is 2.32. The number of rotatable bonds is 6. The first-order chi connectivity index (χ1) is 8.59. The van der Waals surface area contributed by atoms with Gasteiger partial charge in [0.05, 0.1) is 23.7 Å². The summed E-state index contributed by atoms with van der Waals surface area (Å²) in [5, 5.41) is 17.5. The Bertz CT molecular complexity index is 352. The average Bonchev–Trinajstić information content (AvgIpc) is 2.34. The van der Waals surface area contributed by atoms with Gasteiger partial charge in [0.1, 0.15) is 0 Å². The summed E-state index contributed by atoms with van der Waals surface area (Å²) in [5.41, 5.74) is 0. The number of carboxylic acids is 2. The fourth-order valence-corrected chi connectivity index (χ4v) is 1.12. The van der Waals surface area contributed by atoms with Crippen molar-refractivity contribution in [3.63, 3.8) is 0 Å². The van der Waals surface area contributed by atoms with E-state index < -0.39 is 47.5 Å². The lowest BCUT2D eigenvalue weighted by Crippen LogP contribution is -2.33. The van der Waals surface area contributed by atoms with E-state index in [1.54, 1.807) is 0 Å². The second kappa shape index (κ2) is 6.86. The van der Waals surface area contributed by atoms with Crippen molar-refractivity contribution in [2.45, 2.75) is 27.7 Å². The molecule has 2 N–H and O–H groups in total. The largest absolute Gasteiger partial charge is 0.481 e. The molecule has 108 valence electrons. The maximum Gasteiger partial charge on any atom is 0.317 e. The Morgan fingerprint density at radius 2 is 0.947 bits per heavy atom. The van der Waals surface area contributed by atoms with Gasteiger partial charge in [-0.1, -0.05) is 27.7 Å². The summed E-state index contributed by atoms with van der Waals surface area (Å²) in [4.78, 5) is 44.5. The SMILES string of the molecule is CC(C(=O)O)C(C)C(=O)OC(=O)C(C)C(C)C(=O)O. The maximum atomic E-state index is 11.5. The molecule has 0 spiro atoms. The molecule has 0 aliphatic rings. The van der Waals surface area contributed by atoms with Crippen molar-refractivity contribution in [3.8, 4) is 0 Å². The van der Waals surface area contributed by atoms with Crippen LogP contribution in [0, 0.1) is 23.7 Å². The predicted molar refractivity (Wildman–Crippen MR) is 63.0 cm³/mol. The lowest BCUT2D eigenvalue weighted by atomic mass is 9.95. The molecule has 0 amide bonds. The van der Waals surface area contributed by atoms with Gasteiger partial charge in [0.2, 0.25) is 0 Å². The number of hydrogen-bond donors (Lipinski definition) is 2. The Labute approximate surface area is 110 Å². The van der Waals surface area contributed by atoms with Crippen molar-refractivity contribution in [2.75, 3.05) is 0 Å². The molecule has 0 saturated heterocycles. The van der Waals surface area contributed by atoms with Crippen LogP contribution in [0.15, 0.2) is 0 Å². The normalized spacial score (nSPS) is 16.8. The summed E-state index contributed by atoms with van der Waals surface area (Å²) in [6.45, 7) is 5.31. The number of carbonyl (C=O) groups excluding carboxylic acids is 2. The molecule has 0 radical (unpaired) electrons. The van der Waals surface area contributed by atoms with Crippen molar-refractivity contribution in [1.82, 2.24) is 0 Å². The van der Waals surface area contributed by atoms with E-state index in [1.807, 2.05) is 0 Å². The Morgan fingerprint density at radius 1 is 0.684 bits per heavy atom. The van der Waals surface area contributed by atoms with Crippen molar-refractivity contribution >= 4 is 23.9 Å². The van der Waals surface area contributed by atoms with E-state index >= 15 is 0 Å². The van der Waals surface area contributed by atoms with Crippen LogP contribution in [0.4, 0.5) is 0 Å². The molecule has 0 heterocycles. The Balaban J connectivity index is 4.61. The zero-order valence-corrected chi connectivity index (χ0v) is 11.2. The highest BCUT2D eigenvalue weighted by atomic mass is 16.6. The highest BCUT2D eigenvalue weighted by molar-refractivity contribution is 5.91. The standard InChI is InChI=1S/C12H18O7/c1-5(9(13)14)7(3)11(17)19-12(18)8(4)6(2)10(15)16/h5-8H,1-4H3,(H,13,14)(H,15,16). The highest BCUT2D eigenvalue weighted by Crippen LogP contribution is 2.17. The van der Waals surface area contributed by atoms with Crippen molar-refractivity contribution in [3.05, 3.63) is 0 Å². The zero-order valence-electron chi connectivity index (χ0n) is 11.2. The van der Waals surface area contributed by atoms with Crippen LogP contribution in [0.2, 0.25) is 0 Å². The number of carboxylic acid groups (broad SMARTS) is 2. The lowest BCUT2D eigenvalue weighted by molar-refractivity contribution is -0.170. The zero-order chi connectivity index (χ0) is 15.3. The fraction of sp³-hybridized carbons (Fsp3) is 0.667. The first-order valence-corrected chi connectivity index (χ1v) is 5.80. The molecule has 7 heteroatoms. The second-order valence-electron chi connectivity index (χ2n) is 4.57. The summed E-state index contributed by atoms with van der Waals surface area (Å²) in [5.74, 6) is -8.26. The van der Waals surface area contributed by atoms with Crippen LogP contribution >= 0.6 is 0 Å². The van der Waals surface area contributed by atoms with E-state index in [2.05, 4.69) is 4.74 Å². The topological polar surface area (TPSA) is 118 Å².